The van der Waals surface area contributed by atoms with Gasteiger partial charge < -0.3 is 29.4 Å². The van der Waals surface area contributed by atoms with Crippen molar-refractivity contribution in [1.82, 2.24) is 9.97 Å². The number of nitrogens with zero attached hydrogens (tertiary/aromatic N) is 2. The molecule has 0 bridgehead atoms. The first-order valence-electron chi connectivity index (χ1n) is 12.1. The van der Waals surface area contributed by atoms with Gasteiger partial charge in [0.15, 0.2) is 0 Å². The summed E-state index contributed by atoms with van der Waals surface area (Å²) in [6, 6.07) is 4.49. The van der Waals surface area contributed by atoms with E-state index in [0.717, 1.165) is 46.5 Å². The molecule has 2 aromatic rings. The summed E-state index contributed by atoms with van der Waals surface area (Å²) < 4.78 is 23.0. The third kappa shape index (κ3) is 6.91. The quantitative estimate of drug-likeness (QED) is 0.272. The Morgan fingerprint density at radius 2 is 1.85 bits per heavy atom. The van der Waals surface area contributed by atoms with E-state index in [1.165, 1.54) is 0 Å². The average molecular weight is 474 g/mol. The van der Waals surface area contributed by atoms with Crippen molar-refractivity contribution >= 4 is 30.0 Å². The molecule has 9 heteroatoms. The molecule has 0 radical (unpaired) electrons. The van der Waals surface area contributed by atoms with Gasteiger partial charge in [0.05, 0.1) is 6.61 Å². The normalized spacial score (nSPS) is 15.6. The Morgan fingerprint density at radius 3 is 2.50 bits per heavy atom. The summed E-state index contributed by atoms with van der Waals surface area (Å²) in [4.78, 5) is 9.23. The van der Waals surface area contributed by atoms with Gasteiger partial charge >= 0.3 is 7.12 Å². The van der Waals surface area contributed by atoms with Crippen LogP contribution in [0.3, 0.4) is 0 Å². The number of aryl methyl sites for hydroxylation is 2. The highest BCUT2D eigenvalue weighted by Crippen LogP contribution is 2.25. The van der Waals surface area contributed by atoms with Crippen LogP contribution in [0, 0.1) is 19.3 Å². The van der Waals surface area contributed by atoms with Gasteiger partial charge in [-0.15, -0.1) is 0 Å². The summed E-state index contributed by atoms with van der Waals surface area (Å²) in [7, 11) is 1.19. The van der Waals surface area contributed by atoms with E-state index in [-0.39, 0.29) is 15.1 Å². The maximum absolute atomic E-state index is 6.09. The lowest BCUT2D eigenvalue weighted by molar-refractivity contribution is -0.0390. The summed E-state index contributed by atoms with van der Waals surface area (Å²) in [6.45, 7) is 14.6. The topological polar surface area (TPSA) is 86.8 Å². The second kappa shape index (κ2) is 12.0. The molecule has 8 nitrogen and oxygen atoms in total. The fourth-order valence-electron chi connectivity index (χ4n) is 3.96. The number of nitrogens with one attached hydrogen (secondary N) is 2. The Morgan fingerprint density at radius 1 is 1.15 bits per heavy atom. The first-order valence-corrected chi connectivity index (χ1v) is 12.1. The lowest BCUT2D eigenvalue weighted by atomic mass is 9.71. The molecule has 1 aromatic heterocycles. The van der Waals surface area contributed by atoms with E-state index in [1.54, 1.807) is 7.11 Å². The van der Waals surface area contributed by atoms with E-state index in [1.807, 2.05) is 19.2 Å². The number of ether oxygens (including phenoxy) is 2. The van der Waals surface area contributed by atoms with Gasteiger partial charge in [-0.1, -0.05) is 27.7 Å². The molecule has 1 aliphatic rings. The predicted molar refractivity (Wildman–Crippen MR) is 141 cm³/mol. The van der Waals surface area contributed by atoms with Crippen molar-refractivity contribution in [3.05, 3.63) is 35.0 Å². The van der Waals surface area contributed by atoms with E-state index in [9.17, 15) is 0 Å². The van der Waals surface area contributed by atoms with Crippen molar-refractivity contribution in [1.29, 1.82) is 0 Å². The number of aromatic nitrogens is 2. The molecule has 3 rings (SSSR count). The molecule has 34 heavy (non-hydrogen) atoms. The van der Waals surface area contributed by atoms with Crippen molar-refractivity contribution in [2.75, 3.05) is 37.8 Å². The Hall–Kier alpha value is -2.20. The van der Waals surface area contributed by atoms with Gasteiger partial charge in [0, 0.05) is 52.1 Å². The smallest absolute Gasteiger partial charge is 0.407 e. The zero-order chi connectivity index (χ0) is 24.7. The highest BCUT2D eigenvalue weighted by molar-refractivity contribution is 6.62. The minimum atomic E-state index is -0.422. The van der Waals surface area contributed by atoms with E-state index in [4.69, 9.17) is 23.8 Å². The SMILES string of the molecule is CCC(CC)Nc1nc(Nc2cc(C)c(B3OCC(C)(C)CO3)c(COCOC)c2)ncc1C.[HH].[HH]. The molecule has 0 unspecified atom stereocenters. The molecule has 2 heterocycles. The molecule has 1 aromatic carbocycles. The lowest BCUT2D eigenvalue weighted by Crippen LogP contribution is -2.49. The molecule has 1 fully saturated rings. The predicted octanol–water partition coefficient (Wildman–Crippen LogP) is 4.82. The Labute approximate surface area is 207 Å². The molecule has 2 N–H and O–H groups in total. The zero-order valence-corrected chi connectivity index (χ0v) is 21.7. The molecular weight excluding hydrogens is 431 g/mol. The molecule has 0 atom stereocenters. The third-order valence-electron chi connectivity index (χ3n) is 5.97. The Kier molecular flexibility index (Phi) is 9.30. The average Bonchev–Trinajstić information content (AvgIpc) is 2.80. The van der Waals surface area contributed by atoms with Gasteiger partial charge in [-0.05, 0) is 55.4 Å². The van der Waals surface area contributed by atoms with Crippen LogP contribution in [0.4, 0.5) is 17.5 Å². The van der Waals surface area contributed by atoms with Crippen molar-refractivity contribution in [3.8, 4) is 0 Å². The minimum Gasteiger partial charge on any atom is -0.407 e. The van der Waals surface area contributed by atoms with Gasteiger partial charge in [0.25, 0.3) is 0 Å². The van der Waals surface area contributed by atoms with Crippen LogP contribution >= 0.6 is 0 Å². The highest BCUT2D eigenvalue weighted by Gasteiger charge is 2.36. The lowest BCUT2D eigenvalue weighted by Gasteiger charge is -2.34. The largest absolute Gasteiger partial charge is 0.494 e. The number of anilines is 3. The van der Waals surface area contributed by atoms with Crippen molar-refractivity contribution in [3.63, 3.8) is 0 Å². The summed E-state index contributed by atoms with van der Waals surface area (Å²) in [5.74, 6) is 1.40. The van der Waals surface area contributed by atoms with Crippen molar-refractivity contribution < 1.29 is 21.6 Å². The van der Waals surface area contributed by atoms with Crippen molar-refractivity contribution in [2.45, 2.75) is 67.0 Å². The number of rotatable bonds is 11. The van der Waals surface area contributed by atoms with Crippen LogP contribution in [0.2, 0.25) is 0 Å². The van der Waals surface area contributed by atoms with Gasteiger partial charge in [-0.3, -0.25) is 0 Å². The van der Waals surface area contributed by atoms with Gasteiger partial charge in [0.1, 0.15) is 12.6 Å². The molecule has 1 saturated heterocycles. The van der Waals surface area contributed by atoms with E-state index in [0.29, 0.717) is 31.8 Å². The van der Waals surface area contributed by atoms with E-state index in [2.05, 4.69) is 56.3 Å². The molecular formula is C25H43BN4O4. The monoisotopic (exact) mass is 474 g/mol. The molecule has 0 amide bonds. The van der Waals surface area contributed by atoms with Gasteiger partial charge in [-0.2, -0.15) is 4.98 Å². The van der Waals surface area contributed by atoms with Crippen LogP contribution in [-0.2, 0) is 25.4 Å². The minimum absolute atomic E-state index is 0. The van der Waals surface area contributed by atoms with Gasteiger partial charge in [0.2, 0.25) is 5.95 Å². The van der Waals surface area contributed by atoms with Crippen LogP contribution < -0.4 is 16.1 Å². The first kappa shape index (κ1) is 26.4. The van der Waals surface area contributed by atoms with Gasteiger partial charge in [-0.25, -0.2) is 4.98 Å². The highest BCUT2D eigenvalue weighted by atomic mass is 16.7. The number of hydrogen-bond donors (Lipinski definition) is 2. The Bertz CT molecular complexity index is 954. The number of methoxy groups -OCH3 is 1. The number of hydrogen-bond acceptors (Lipinski definition) is 8. The maximum Gasteiger partial charge on any atom is 0.494 e. The van der Waals surface area contributed by atoms with Crippen LogP contribution in [0.15, 0.2) is 18.3 Å². The van der Waals surface area contributed by atoms with E-state index < -0.39 is 7.12 Å². The fourth-order valence-corrected chi connectivity index (χ4v) is 3.96. The third-order valence-corrected chi connectivity index (χ3v) is 5.97. The maximum atomic E-state index is 6.09. The molecule has 190 valence electrons. The second-order valence-electron chi connectivity index (χ2n) is 9.75. The molecule has 1 aliphatic heterocycles. The molecule has 0 spiro atoms. The molecule has 0 aliphatic carbocycles. The standard InChI is InChI=1S/C25H39BN4O4.2H2/c1-8-20(9-2)28-23-18(4)12-27-24(30-23)29-21-10-17(3)22(19(11-21)13-32-16-31-7)26-33-14-25(5,6)15-34-26;;/h10-12,20H,8-9,13-16H2,1-7H3,(H2,27,28,29,30);2*1H. The first-order chi connectivity index (χ1) is 16.3. The second-order valence-corrected chi connectivity index (χ2v) is 9.75. The van der Waals surface area contributed by atoms with Crippen LogP contribution in [0.5, 0.6) is 0 Å². The summed E-state index contributed by atoms with van der Waals surface area (Å²) in [5, 5.41) is 6.90. The van der Waals surface area contributed by atoms with Crippen molar-refractivity contribution in [2.24, 2.45) is 5.41 Å². The zero-order valence-electron chi connectivity index (χ0n) is 21.7. The van der Waals surface area contributed by atoms with Crippen LogP contribution in [0.1, 0.15) is 60.1 Å². The number of benzene rings is 1. The fraction of sp³-hybridized carbons (Fsp3) is 0.600. The molecule has 0 saturated carbocycles. The summed E-state index contributed by atoms with van der Waals surface area (Å²) >= 11 is 0. The van der Waals surface area contributed by atoms with E-state index >= 15 is 0 Å². The Balaban J connectivity index is 0.00000324. The van der Waals surface area contributed by atoms with Crippen LogP contribution in [0.25, 0.3) is 0 Å². The van der Waals surface area contributed by atoms with Crippen LogP contribution in [-0.4, -0.2) is 50.2 Å². The summed E-state index contributed by atoms with van der Waals surface area (Å²) in [5.41, 5.74) is 4.93. The summed E-state index contributed by atoms with van der Waals surface area (Å²) in [6.07, 6.45) is 3.92.